The quantitative estimate of drug-likeness (QED) is 0.200. The van der Waals surface area contributed by atoms with Crippen LogP contribution in [0.3, 0.4) is 0 Å². The summed E-state index contributed by atoms with van der Waals surface area (Å²) in [5.41, 5.74) is 15.6. The van der Waals surface area contributed by atoms with Crippen LogP contribution in [0.1, 0.15) is 58.4 Å². The molecule has 1 heterocycles. The summed E-state index contributed by atoms with van der Waals surface area (Å²) in [6.45, 7) is 16.9. The lowest BCUT2D eigenvalue weighted by Gasteiger charge is -2.18. The molecule has 0 spiro atoms. The minimum absolute atomic E-state index is 0.845. The van der Waals surface area contributed by atoms with Gasteiger partial charge >= 0.3 is 0 Å². The van der Waals surface area contributed by atoms with Crippen LogP contribution in [0.5, 0.6) is 0 Å². The molecule has 6 rings (SSSR count). The van der Waals surface area contributed by atoms with Crippen molar-refractivity contribution in [3.63, 3.8) is 0 Å². The van der Waals surface area contributed by atoms with E-state index in [1.54, 1.807) is 0 Å². The second kappa shape index (κ2) is 12.2. The third-order valence-corrected chi connectivity index (χ3v) is 7.92. The normalized spacial score (nSPS) is 11.6. The summed E-state index contributed by atoms with van der Waals surface area (Å²) in [5, 5.41) is 2.02. The zero-order valence-corrected chi connectivity index (χ0v) is 26.2. The zero-order valence-electron chi connectivity index (χ0n) is 26.2. The van der Waals surface area contributed by atoms with E-state index in [0.717, 1.165) is 39.8 Å². The Balaban J connectivity index is 0.00000173. The predicted molar refractivity (Wildman–Crippen MR) is 179 cm³/mol. The van der Waals surface area contributed by atoms with Crippen LogP contribution in [0.2, 0.25) is 0 Å². The minimum atomic E-state index is 0.845. The molecule has 0 saturated heterocycles. The summed E-state index contributed by atoms with van der Waals surface area (Å²) in [6.07, 6.45) is 0.872. The van der Waals surface area contributed by atoms with Gasteiger partial charge < -0.3 is 4.42 Å². The van der Waals surface area contributed by atoms with E-state index >= 15 is 0 Å². The molecule has 1 aliphatic carbocycles. The molecule has 0 unspecified atom stereocenters. The zero-order chi connectivity index (χ0) is 30.0. The van der Waals surface area contributed by atoms with Crippen molar-refractivity contribution >= 4 is 16.7 Å². The lowest BCUT2D eigenvalue weighted by molar-refractivity contribution is 0.618. The van der Waals surface area contributed by atoms with E-state index < -0.39 is 0 Å². The van der Waals surface area contributed by atoms with Gasteiger partial charge in [-0.15, -0.1) is 0 Å². The van der Waals surface area contributed by atoms with E-state index in [0.29, 0.717) is 0 Å². The Morgan fingerprint density at radius 3 is 1.90 bits per heavy atom. The van der Waals surface area contributed by atoms with Crippen molar-refractivity contribution in [1.29, 1.82) is 0 Å². The third-order valence-electron chi connectivity index (χ3n) is 7.92. The molecule has 0 bridgehead atoms. The monoisotopic (exact) mass is 551 g/mol. The van der Waals surface area contributed by atoms with Gasteiger partial charge in [-0.1, -0.05) is 91.2 Å². The average molecular weight is 552 g/mol. The average Bonchev–Trinajstić information content (AvgIpc) is 2.96. The molecule has 0 N–H and O–H groups in total. The van der Waals surface area contributed by atoms with E-state index in [2.05, 4.69) is 133 Å². The first-order chi connectivity index (χ1) is 20.2. The molecule has 0 amide bonds. The predicted octanol–water partition coefficient (Wildman–Crippen LogP) is 10.9. The maximum Gasteiger partial charge on any atom is 0.137 e. The molecule has 0 fully saturated rings. The second-order valence-electron chi connectivity index (χ2n) is 11.3. The first-order valence-corrected chi connectivity index (χ1v) is 15.0. The Kier molecular flexibility index (Phi) is 8.45. The first kappa shape index (κ1) is 29.1. The molecule has 0 aromatic heterocycles. The van der Waals surface area contributed by atoms with Crippen LogP contribution in [0.25, 0.3) is 33.4 Å². The molecular weight excluding hydrogens is 510 g/mol. The van der Waals surface area contributed by atoms with Crippen molar-refractivity contribution in [2.45, 2.75) is 61.8 Å². The molecule has 4 aromatic carbocycles. The standard InChI is InChI=1S/C38H35NO.C2H6/c1-23-7-11-30(26(4)17-23)20-29-10-14-33-36(21-29)40-37-22-31(39-35-16-9-25(3)19-28(35)6)12-15-34(37)38(33)32-13-8-24(2)18-27(32)5;1-2/h7-19,21-22H,20H2,1-6H3;1-2H3. The number of nitrogens with zero attached hydrogens (tertiary/aromatic N) is 1. The third kappa shape index (κ3) is 5.94. The van der Waals surface area contributed by atoms with Gasteiger partial charge in [0.25, 0.3) is 0 Å². The maximum absolute atomic E-state index is 6.67. The van der Waals surface area contributed by atoms with E-state index in [-0.39, 0.29) is 0 Å². The highest BCUT2D eigenvalue weighted by atomic mass is 16.3. The molecule has 0 saturated carbocycles. The van der Waals surface area contributed by atoms with Crippen LogP contribution >= 0.6 is 0 Å². The Morgan fingerprint density at radius 1 is 0.571 bits per heavy atom. The van der Waals surface area contributed by atoms with Gasteiger partial charge in [0, 0.05) is 22.6 Å². The van der Waals surface area contributed by atoms with Crippen LogP contribution < -0.4 is 5.36 Å². The lowest BCUT2D eigenvalue weighted by atomic mass is 9.89. The number of benzene rings is 5. The van der Waals surface area contributed by atoms with E-state index in [4.69, 9.17) is 9.41 Å². The molecule has 2 nitrogen and oxygen atoms in total. The summed E-state index contributed by atoms with van der Waals surface area (Å²) >= 11 is 0. The van der Waals surface area contributed by atoms with Gasteiger partial charge in [-0.2, -0.15) is 0 Å². The van der Waals surface area contributed by atoms with Crippen molar-refractivity contribution in [2.24, 2.45) is 4.99 Å². The summed E-state index contributed by atoms with van der Waals surface area (Å²) in [6, 6.07) is 32.8. The molecule has 4 aromatic rings. The highest BCUT2D eigenvalue weighted by Gasteiger charge is 2.19. The van der Waals surface area contributed by atoms with Gasteiger partial charge in [0.15, 0.2) is 0 Å². The van der Waals surface area contributed by atoms with E-state index in [1.807, 2.05) is 13.8 Å². The van der Waals surface area contributed by atoms with Crippen molar-refractivity contribution in [2.75, 3.05) is 0 Å². The number of rotatable bonds is 4. The van der Waals surface area contributed by atoms with E-state index in [9.17, 15) is 0 Å². The number of hydrogen-bond donors (Lipinski definition) is 0. The Hall–Kier alpha value is -4.43. The highest BCUT2D eigenvalue weighted by molar-refractivity contribution is 6.02. The van der Waals surface area contributed by atoms with Crippen LogP contribution in [0.4, 0.5) is 5.69 Å². The number of fused-ring (bicyclic) bond motifs is 2. The van der Waals surface area contributed by atoms with Gasteiger partial charge in [0.2, 0.25) is 0 Å². The van der Waals surface area contributed by atoms with Crippen molar-refractivity contribution in [1.82, 2.24) is 0 Å². The fraction of sp³-hybridized carbons (Fsp3) is 0.225. The fourth-order valence-corrected chi connectivity index (χ4v) is 5.82. The first-order valence-electron chi connectivity index (χ1n) is 15.0. The molecule has 42 heavy (non-hydrogen) atoms. The van der Waals surface area contributed by atoms with Gasteiger partial charge in [0.1, 0.15) is 11.3 Å². The van der Waals surface area contributed by atoms with Gasteiger partial charge in [-0.25, -0.2) is 4.99 Å². The largest absolute Gasteiger partial charge is 0.456 e. The molecule has 0 radical (unpaired) electrons. The Labute approximate surface area is 250 Å². The molecule has 1 aliphatic heterocycles. The SMILES string of the molecule is CC.Cc1ccc(Cc2ccc3c(-c4ccc(C)cc4C)c4ccc(=Nc5ccc(C)cc5C)cc-4oc3c2)c(C)c1. The molecule has 0 atom stereocenters. The number of hydrogen-bond acceptors (Lipinski definition) is 2. The summed E-state index contributed by atoms with van der Waals surface area (Å²) in [5.74, 6) is 0.845. The second-order valence-corrected chi connectivity index (χ2v) is 11.3. The van der Waals surface area contributed by atoms with Crippen LogP contribution in [-0.4, -0.2) is 0 Å². The Bertz CT molecular complexity index is 1940. The van der Waals surface area contributed by atoms with Crippen LogP contribution in [0.15, 0.2) is 100 Å². The van der Waals surface area contributed by atoms with Gasteiger partial charge in [-0.05, 0) is 106 Å². The fourth-order valence-electron chi connectivity index (χ4n) is 5.82. The maximum atomic E-state index is 6.67. The smallest absolute Gasteiger partial charge is 0.137 e. The van der Waals surface area contributed by atoms with Gasteiger partial charge in [0.05, 0.1) is 11.0 Å². The molecular formula is C40H41NO. The molecule has 2 heteroatoms. The lowest BCUT2D eigenvalue weighted by Crippen LogP contribution is -2.03. The molecule has 2 aliphatic rings. The van der Waals surface area contributed by atoms with Crippen LogP contribution in [-0.2, 0) is 6.42 Å². The molecule has 212 valence electrons. The van der Waals surface area contributed by atoms with Crippen molar-refractivity contribution in [3.05, 3.63) is 141 Å². The van der Waals surface area contributed by atoms with E-state index in [1.165, 1.54) is 55.6 Å². The highest BCUT2D eigenvalue weighted by Crippen LogP contribution is 2.41. The summed E-state index contributed by atoms with van der Waals surface area (Å²) in [7, 11) is 0. The van der Waals surface area contributed by atoms with Crippen molar-refractivity contribution in [3.8, 4) is 22.5 Å². The summed E-state index contributed by atoms with van der Waals surface area (Å²) in [4.78, 5) is 4.97. The number of aryl methyl sites for hydroxylation is 6. The van der Waals surface area contributed by atoms with Crippen LogP contribution in [0, 0.1) is 41.5 Å². The summed E-state index contributed by atoms with van der Waals surface area (Å²) < 4.78 is 6.67. The minimum Gasteiger partial charge on any atom is -0.456 e. The Morgan fingerprint density at radius 2 is 1.21 bits per heavy atom. The van der Waals surface area contributed by atoms with Crippen molar-refractivity contribution < 1.29 is 4.42 Å². The topological polar surface area (TPSA) is 25.5 Å². The van der Waals surface area contributed by atoms with Gasteiger partial charge in [-0.3, -0.25) is 0 Å².